The highest BCUT2D eigenvalue weighted by Crippen LogP contribution is 2.20. The number of nitrogens with one attached hydrogen (secondary N) is 1. The van der Waals surface area contributed by atoms with Gasteiger partial charge in [-0.05, 0) is 42.3 Å². The average Bonchev–Trinajstić information content (AvgIpc) is 2.73. The second kappa shape index (κ2) is 8.31. The summed E-state index contributed by atoms with van der Waals surface area (Å²) >= 11 is 0. The molecule has 1 N–H and O–H groups in total. The highest BCUT2D eigenvalue weighted by Gasteiger charge is 2.16. The molecule has 0 bridgehead atoms. The molecular weight excluding hydrogens is 342 g/mol. The number of carbonyl (C=O) groups excluding carboxylic acids is 1. The van der Waals surface area contributed by atoms with Gasteiger partial charge in [-0.1, -0.05) is 37.3 Å². The topological polar surface area (TPSA) is 73.2 Å². The number of nitrogens with zero attached hydrogens (tertiary/aromatic N) is 2. The summed E-state index contributed by atoms with van der Waals surface area (Å²) in [7, 11) is 1.61. The molecule has 3 rings (SSSR count). The number of hydrogen-bond donors (Lipinski definition) is 1. The maximum atomic E-state index is 12.7. The van der Waals surface area contributed by atoms with E-state index < -0.39 is 0 Å². The van der Waals surface area contributed by atoms with Crippen LogP contribution in [0.4, 0.5) is 0 Å². The van der Waals surface area contributed by atoms with Gasteiger partial charge in [-0.3, -0.25) is 9.59 Å². The molecule has 1 amide bonds. The Labute approximate surface area is 157 Å². The minimum absolute atomic E-state index is 0.165. The van der Waals surface area contributed by atoms with Crippen LogP contribution in [0.5, 0.6) is 5.75 Å². The van der Waals surface area contributed by atoms with Crippen molar-refractivity contribution in [2.45, 2.75) is 19.4 Å². The molecule has 1 unspecified atom stereocenters. The van der Waals surface area contributed by atoms with Crippen LogP contribution in [-0.2, 0) is 0 Å². The summed E-state index contributed by atoms with van der Waals surface area (Å²) < 4.78 is 6.40. The van der Waals surface area contributed by atoms with E-state index in [0.717, 1.165) is 17.7 Å². The van der Waals surface area contributed by atoms with Crippen molar-refractivity contribution in [3.05, 3.63) is 88.3 Å². The fourth-order valence-corrected chi connectivity index (χ4v) is 2.78. The van der Waals surface area contributed by atoms with E-state index in [9.17, 15) is 9.59 Å². The van der Waals surface area contributed by atoms with Gasteiger partial charge in [-0.15, -0.1) is 0 Å². The molecule has 6 nitrogen and oxygen atoms in total. The summed E-state index contributed by atoms with van der Waals surface area (Å²) in [6.07, 6.45) is 0.719. The van der Waals surface area contributed by atoms with Gasteiger partial charge in [0.05, 0.1) is 18.8 Å². The van der Waals surface area contributed by atoms with Gasteiger partial charge in [0.2, 0.25) is 0 Å². The Kier molecular flexibility index (Phi) is 5.66. The van der Waals surface area contributed by atoms with Crippen molar-refractivity contribution < 1.29 is 9.53 Å². The molecule has 138 valence electrons. The van der Waals surface area contributed by atoms with Crippen molar-refractivity contribution in [2.24, 2.45) is 0 Å². The Morgan fingerprint density at radius 3 is 2.41 bits per heavy atom. The van der Waals surface area contributed by atoms with Crippen molar-refractivity contribution in [3.8, 4) is 11.4 Å². The van der Waals surface area contributed by atoms with Crippen molar-refractivity contribution in [3.63, 3.8) is 0 Å². The van der Waals surface area contributed by atoms with Gasteiger partial charge >= 0.3 is 0 Å². The van der Waals surface area contributed by atoms with Crippen molar-refractivity contribution in [2.75, 3.05) is 7.11 Å². The molecule has 6 heteroatoms. The zero-order chi connectivity index (χ0) is 19.2. The Morgan fingerprint density at radius 1 is 1.07 bits per heavy atom. The zero-order valence-electron chi connectivity index (χ0n) is 15.3. The van der Waals surface area contributed by atoms with Crippen LogP contribution < -0.4 is 15.6 Å². The molecule has 1 atom stereocenters. The van der Waals surface area contributed by atoms with E-state index in [1.807, 2.05) is 49.4 Å². The molecule has 0 fully saturated rings. The van der Waals surface area contributed by atoms with E-state index in [0.29, 0.717) is 5.69 Å². The van der Waals surface area contributed by atoms with Gasteiger partial charge in [0.25, 0.3) is 11.5 Å². The van der Waals surface area contributed by atoms with Gasteiger partial charge in [0, 0.05) is 6.07 Å². The van der Waals surface area contributed by atoms with Crippen LogP contribution in [0.2, 0.25) is 0 Å². The van der Waals surface area contributed by atoms with Gasteiger partial charge in [-0.2, -0.15) is 9.78 Å². The molecule has 0 spiro atoms. The molecule has 1 heterocycles. The van der Waals surface area contributed by atoms with E-state index in [1.165, 1.54) is 16.8 Å². The maximum absolute atomic E-state index is 12.7. The number of amides is 1. The lowest BCUT2D eigenvalue weighted by Crippen LogP contribution is -2.31. The number of para-hydroxylation sites is 1. The fourth-order valence-electron chi connectivity index (χ4n) is 2.78. The van der Waals surface area contributed by atoms with Gasteiger partial charge in [0.15, 0.2) is 0 Å². The van der Waals surface area contributed by atoms with E-state index in [-0.39, 0.29) is 23.2 Å². The minimum Gasteiger partial charge on any atom is -0.497 e. The van der Waals surface area contributed by atoms with Crippen LogP contribution in [0.1, 0.15) is 35.4 Å². The first-order valence-corrected chi connectivity index (χ1v) is 8.73. The van der Waals surface area contributed by atoms with E-state index in [1.54, 1.807) is 19.2 Å². The fraction of sp³-hybridized carbons (Fsp3) is 0.190. The molecule has 27 heavy (non-hydrogen) atoms. The first kappa shape index (κ1) is 18.4. The first-order chi connectivity index (χ1) is 13.1. The summed E-state index contributed by atoms with van der Waals surface area (Å²) in [6.45, 7) is 1.99. The monoisotopic (exact) mass is 363 g/mol. The third kappa shape index (κ3) is 4.23. The average molecular weight is 363 g/mol. The Morgan fingerprint density at radius 2 is 1.78 bits per heavy atom. The molecule has 0 radical (unpaired) electrons. The second-order valence-corrected chi connectivity index (χ2v) is 6.01. The van der Waals surface area contributed by atoms with E-state index >= 15 is 0 Å². The maximum Gasteiger partial charge on any atom is 0.272 e. The van der Waals surface area contributed by atoms with Gasteiger partial charge in [-0.25, -0.2) is 0 Å². The predicted molar refractivity (Wildman–Crippen MR) is 103 cm³/mol. The summed E-state index contributed by atoms with van der Waals surface area (Å²) in [6, 6.07) is 19.2. The zero-order valence-corrected chi connectivity index (χ0v) is 15.3. The summed E-state index contributed by atoms with van der Waals surface area (Å²) in [5.41, 5.74) is 1.48. The smallest absolute Gasteiger partial charge is 0.272 e. The molecule has 0 saturated carbocycles. The highest BCUT2D eigenvalue weighted by molar-refractivity contribution is 5.92. The molecule has 1 aromatic heterocycles. The van der Waals surface area contributed by atoms with Crippen molar-refractivity contribution in [1.82, 2.24) is 15.1 Å². The first-order valence-electron chi connectivity index (χ1n) is 8.73. The van der Waals surface area contributed by atoms with Crippen LogP contribution in [0.25, 0.3) is 5.69 Å². The summed E-state index contributed by atoms with van der Waals surface area (Å²) in [4.78, 5) is 24.8. The Hall–Kier alpha value is -3.41. The molecular formula is C21H21N3O3. The molecule has 0 aliphatic heterocycles. The Balaban J connectivity index is 1.83. The normalized spacial score (nSPS) is 11.6. The van der Waals surface area contributed by atoms with Crippen LogP contribution in [0.15, 0.2) is 71.5 Å². The predicted octanol–water partition coefficient (Wildman–Crippen LogP) is 3.12. The second-order valence-electron chi connectivity index (χ2n) is 6.01. The van der Waals surface area contributed by atoms with Crippen LogP contribution in [0.3, 0.4) is 0 Å². The lowest BCUT2D eigenvalue weighted by molar-refractivity contribution is 0.0928. The number of rotatable bonds is 6. The number of carbonyl (C=O) groups is 1. The van der Waals surface area contributed by atoms with Crippen LogP contribution in [0, 0.1) is 0 Å². The lowest BCUT2D eigenvalue weighted by Gasteiger charge is -2.18. The molecule has 0 saturated heterocycles. The number of ether oxygens (including phenoxy) is 1. The largest absolute Gasteiger partial charge is 0.497 e. The SMILES string of the molecule is CCC(NC(=O)c1ccc(=O)n(-c2ccccc2)n1)c1ccc(OC)cc1. The Bertz CT molecular complexity index is 966. The number of aromatic nitrogens is 2. The standard InChI is InChI=1S/C21H21N3O3/c1-3-18(15-9-11-17(27-2)12-10-15)22-21(26)19-13-14-20(25)24(23-19)16-7-5-4-6-8-16/h4-14,18H,3H2,1-2H3,(H,22,26). The van der Waals surface area contributed by atoms with Gasteiger partial charge < -0.3 is 10.1 Å². The summed E-state index contributed by atoms with van der Waals surface area (Å²) in [5, 5.41) is 7.20. The number of benzene rings is 2. The minimum atomic E-state index is -0.331. The molecule has 0 aliphatic rings. The van der Waals surface area contributed by atoms with Crippen molar-refractivity contribution >= 4 is 5.91 Å². The van der Waals surface area contributed by atoms with Crippen LogP contribution >= 0.6 is 0 Å². The van der Waals surface area contributed by atoms with Gasteiger partial charge in [0.1, 0.15) is 11.4 Å². The van der Waals surface area contributed by atoms with Crippen molar-refractivity contribution in [1.29, 1.82) is 0 Å². The number of hydrogen-bond acceptors (Lipinski definition) is 4. The molecule has 0 aliphatic carbocycles. The molecule has 3 aromatic rings. The number of methoxy groups -OCH3 is 1. The van der Waals surface area contributed by atoms with E-state index in [4.69, 9.17) is 4.74 Å². The van der Waals surface area contributed by atoms with E-state index in [2.05, 4.69) is 10.4 Å². The highest BCUT2D eigenvalue weighted by atomic mass is 16.5. The third-order valence-electron chi connectivity index (χ3n) is 4.27. The quantitative estimate of drug-likeness (QED) is 0.730. The summed E-state index contributed by atoms with van der Waals surface area (Å²) in [5.74, 6) is 0.430. The van der Waals surface area contributed by atoms with Crippen LogP contribution in [-0.4, -0.2) is 22.8 Å². The molecule has 2 aromatic carbocycles. The lowest BCUT2D eigenvalue weighted by atomic mass is 10.0. The third-order valence-corrected chi connectivity index (χ3v) is 4.27.